The van der Waals surface area contributed by atoms with Crippen LogP contribution in [0.4, 0.5) is 5.69 Å². The number of fused-ring (bicyclic) bond motifs is 2. The lowest BCUT2D eigenvalue weighted by atomic mass is 9.99. The van der Waals surface area contributed by atoms with Gasteiger partial charge < -0.3 is 24.8 Å². The summed E-state index contributed by atoms with van der Waals surface area (Å²) in [5.74, 6) is 1.65. The summed E-state index contributed by atoms with van der Waals surface area (Å²) in [5, 5.41) is 1.10. The smallest absolute Gasteiger partial charge is 0.219 e. The third-order valence-corrected chi connectivity index (χ3v) is 7.95. The maximum Gasteiger partial charge on any atom is 0.219 e. The first-order chi connectivity index (χ1) is 17.1. The molecule has 2 aromatic heterocycles. The zero-order valence-electron chi connectivity index (χ0n) is 20.4. The zero-order chi connectivity index (χ0) is 23.9. The molecule has 2 N–H and O–H groups in total. The molecular formula is C27H34N6O2. The van der Waals surface area contributed by atoms with Gasteiger partial charge in [0.05, 0.1) is 23.4 Å². The highest BCUT2D eigenvalue weighted by molar-refractivity contribution is 5.95. The van der Waals surface area contributed by atoms with E-state index in [2.05, 4.69) is 33.7 Å². The van der Waals surface area contributed by atoms with Crippen LogP contribution in [0.1, 0.15) is 50.0 Å². The van der Waals surface area contributed by atoms with Crippen LogP contribution in [0.2, 0.25) is 0 Å². The minimum Gasteiger partial charge on any atom is -0.381 e. The number of hydrogen-bond donors (Lipinski definition) is 1. The molecule has 0 atom stereocenters. The lowest BCUT2D eigenvalue weighted by molar-refractivity contribution is -0.130. The number of aromatic nitrogens is 3. The fourth-order valence-corrected chi connectivity index (χ4v) is 5.85. The van der Waals surface area contributed by atoms with Gasteiger partial charge in [0, 0.05) is 81.1 Å². The average Bonchev–Trinajstić information content (AvgIpc) is 3.27. The zero-order valence-corrected chi connectivity index (χ0v) is 20.4. The molecule has 0 unspecified atom stereocenters. The minimum absolute atomic E-state index is 0.112. The van der Waals surface area contributed by atoms with Crippen molar-refractivity contribution in [3.63, 3.8) is 0 Å². The molecule has 184 valence electrons. The van der Waals surface area contributed by atoms with Crippen LogP contribution >= 0.6 is 0 Å². The number of pyridine rings is 1. The second kappa shape index (κ2) is 9.24. The van der Waals surface area contributed by atoms with Crippen LogP contribution in [-0.2, 0) is 22.6 Å². The number of imidazole rings is 1. The van der Waals surface area contributed by atoms with Crippen LogP contribution in [0, 0.1) is 0 Å². The largest absolute Gasteiger partial charge is 0.381 e. The molecule has 2 saturated heterocycles. The third kappa shape index (κ3) is 4.19. The number of benzene rings is 1. The lowest BCUT2D eigenvalue weighted by Gasteiger charge is -2.32. The number of nitrogens with two attached hydrogens (primary N) is 1. The summed E-state index contributed by atoms with van der Waals surface area (Å²) >= 11 is 0. The molecule has 5 heterocycles. The van der Waals surface area contributed by atoms with Gasteiger partial charge in [-0.2, -0.15) is 0 Å². The number of rotatable bonds is 3. The fraction of sp³-hybridized carbons (Fsp3) is 0.519. The normalized spacial score (nSPS) is 19.8. The summed E-state index contributed by atoms with van der Waals surface area (Å²) in [5.41, 5.74) is 11.5. The van der Waals surface area contributed by atoms with Crippen molar-refractivity contribution in [2.75, 3.05) is 37.7 Å². The maximum atomic E-state index is 12.2. The van der Waals surface area contributed by atoms with Crippen molar-refractivity contribution >= 4 is 22.5 Å². The standard InChI is InChI=1S/C27H34N6O2/c1-18(34)32-12-13-33-25(17-32)26(30-27(33)19-7-14-35-15-8-19)23-4-9-29-24-16-21(2-3-22(23)24)31-10-5-20(28)6-11-31/h2-4,9,16,19-20H,5-8,10-15,17,28H2,1H3. The Morgan fingerprint density at radius 1 is 1.06 bits per heavy atom. The number of ether oxygens (including phenoxy) is 1. The van der Waals surface area contributed by atoms with Crippen LogP contribution in [0.25, 0.3) is 22.2 Å². The second-order valence-electron chi connectivity index (χ2n) is 10.1. The first-order valence-corrected chi connectivity index (χ1v) is 12.9. The highest BCUT2D eigenvalue weighted by atomic mass is 16.5. The van der Waals surface area contributed by atoms with Crippen LogP contribution in [0.5, 0.6) is 0 Å². The Balaban J connectivity index is 1.42. The molecule has 0 aliphatic carbocycles. The maximum absolute atomic E-state index is 12.2. The molecule has 0 bridgehead atoms. The minimum atomic E-state index is 0.112. The molecule has 3 aliphatic heterocycles. The van der Waals surface area contributed by atoms with Crippen molar-refractivity contribution in [2.24, 2.45) is 5.73 Å². The topological polar surface area (TPSA) is 89.5 Å². The van der Waals surface area contributed by atoms with Crippen molar-refractivity contribution in [2.45, 2.75) is 57.7 Å². The summed E-state index contributed by atoms with van der Waals surface area (Å²) in [6, 6.07) is 8.97. The molecule has 35 heavy (non-hydrogen) atoms. The van der Waals surface area contributed by atoms with Crippen molar-refractivity contribution in [1.82, 2.24) is 19.4 Å². The average molecular weight is 475 g/mol. The molecule has 0 spiro atoms. The Bertz CT molecular complexity index is 1240. The molecule has 1 aromatic carbocycles. The molecule has 0 saturated carbocycles. The number of carbonyl (C=O) groups is 1. The Kier molecular flexibility index (Phi) is 5.94. The first kappa shape index (κ1) is 22.5. The molecule has 8 nitrogen and oxygen atoms in total. The Hall–Kier alpha value is -2.97. The van der Waals surface area contributed by atoms with E-state index in [0.29, 0.717) is 18.5 Å². The van der Waals surface area contributed by atoms with Gasteiger partial charge >= 0.3 is 0 Å². The van der Waals surface area contributed by atoms with E-state index in [-0.39, 0.29) is 5.91 Å². The summed E-state index contributed by atoms with van der Waals surface area (Å²) in [6.45, 7) is 7.30. The molecule has 6 rings (SSSR count). The number of carbonyl (C=O) groups excluding carboxylic acids is 1. The van der Waals surface area contributed by atoms with Gasteiger partial charge in [-0.25, -0.2) is 4.98 Å². The third-order valence-electron chi connectivity index (χ3n) is 7.95. The van der Waals surface area contributed by atoms with Crippen LogP contribution in [0.15, 0.2) is 30.5 Å². The van der Waals surface area contributed by atoms with Crippen LogP contribution < -0.4 is 10.6 Å². The van der Waals surface area contributed by atoms with E-state index >= 15 is 0 Å². The second-order valence-corrected chi connectivity index (χ2v) is 10.1. The highest BCUT2D eigenvalue weighted by Crippen LogP contribution is 2.37. The first-order valence-electron chi connectivity index (χ1n) is 12.9. The number of amides is 1. The van der Waals surface area contributed by atoms with Gasteiger partial charge in [0.15, 0.2) is 0 Å². The quantitative estimate of drug-likeness (QED) is 0.627. The van der Waals surface area contributed by atoms with Gasteiger partial charge in [-0.15, -0.1) is 0 Å². The Morgan fingerprint density at radius 3 is 2.63 bits per heavy atom. The molecule has 8 heteroatoms. The molecule has 0 radical (unpaired) electrons. The number of piperidine rings is 1. The molecular weight excluding hydrogens is 440 g/mol. The van der Waals surface area contributed by atoms with E-state index in [1.807, 2.05) is 11.1 Å². The predicted octanol–water partition coefficient (Wildman–Crippen LogP) is 3.28. The molecule has 3 aliphatic rings. The monoisotopic (exact) mass is 474 g/mol. The van der Waals surface area contributed by atoms with E-state index in [0.717, 1.165) is 98.8 Å². The van der Waals surface area contributed by atoms with Gasteiger partial charge in [0.1, 0.15) is 5.82 Å². The number of nitrogens with zero attached hydrogens (tertiary/aromatic N) is 5. The predicted molar refractivity (Wildman–Crippen MR) is 136 cm³/mol. The lowest BCUT2D eigenvalue weighted by Crippen LogP contribution is -2.39. The van der Waals surface area contributed by atoms with E-state index in [1.54, 1.807) is 6.92 Å². The van der Waals surface area contributed by atoms with E-state index < -0.39 is 0 Å². The van der Waals surface area contributed by atoms with Gasteiger partial charge in [-0.1, -0.05) is 6.07 Å². The summed E-state index contributed by atoms with van der Waals surface area (Å²) in [7, 11) is 0. The van der Waals surface area contributed by atoms with Crippen molar-refractivity contribution < 1.29 is 9.53 Å². The fourth-order valence-electron chi connectivity index (χ4n) is 5.85. The van der Waals surface area contributed by atoms with Gasteiger partial charge in [-0.05, 0) is 43.9 Å². The molecule has 3 aromatic rings. The highest BCUT2D eigenvalue weighted by Gasteiger charge is 2.30. The summed E-state index contributed by atoms with van der Waals surface area (Å²) < 4.78 is 8.00. The SMILES string of the molecule is CC(=O)N1CCn2c(C3CCOCC3)nc(-c3ccnc4cc(N5CCC(N)CC5)ccc34)c2C1. The van der Waals surface area contributed by atoms with Gasteiger partial charge in [0.25, 0.3) is 0 Å². The molecule has 1 amide bonds. The van der Waals surface area contributed by atoms with E-state index in [1.165, 1.54) is 5.69 Å². The van der Waals surface area contributed by atoms with Crippen molar-refractivity contribution in [1.29, 1.82) is 0 Å². The van der Waals surface area contributed by atoms with E-state index in [9.17, 15) is 4.79 Å². The van der Waals surface area contributed by atoms with Gasteiger partial charge in [-0.3, -0.25) is 9.78 Å². The molecule has 2 fully saturated rings. The summed E-state index contributed by atoms with van der Waals surface area (Å²) in [6.07, 6.45) is 5.92. The Labute approximate surface area is 206 Å². The van der Waals surface area contributed by atoms with Crippen LogP contribution in [0.3, 0.4) is 0 Å². The number of anilines is 1. The van der Waals surface area contributed by atoms with Crippen molar-refractivity contribution in [3.05, 3.63) is 42.0 Å². The van der Waals surface area contributed by atoms with E-state index in [4.69, 9.17) is 20.4 Å². The Morgan fingerprint density at radius 2 is 1.86 bits per heavy atom. The summed E-state index contributed by atoms with van der Waals surface area (Å²) in [4.78, 5) is 26.6. The van der Waals surface area contributed by atoms with Gasteiger partial charge in [0.2, 0.25) is 5.91 Å². The van der Waals surface area contributed by atoms with Crippen LogP contribution in [-0.4, -0.2) is 64.2 Å². The number of hydrogen-bond acceptors (Lipinski definition) is 6. The van der Waals surface area contributed by atoms with Crippen molar-refractivity contribution in [3.8, 4) is 11.3 Å².